The minimum Gasteiger partial charge on any atom is -0.495 e. The summed E-state index contributed by atoms with van der Waals surface area (Å²) in [5.74, 6) is 0.268. The van der Waals surface area contributed by atoms with Gasteiger partial charge in [-0.3, -0.25) is 0 Å². The highest BCUT2D eigenvalue weighted by atomic mass is 35.5. The lowest BCUT2D eigenvalue weighted by molar-refractivity contribution is -0.149. The van der Waals surface area contributed by atoms with E-state index in [9.17, 15) is 4.79 Å². The number of ether oxygens (including phenoxy) is 2. The SMILES string of the molecule is CCC(Cl)C(=Cc1ccc(-n2cnc(C)c2)c(OC)c1)C(=O)OC(C)(C)C. The molecule has 0 saturated carbocycles. The third kappa shape index (κ3) is 5.60. The van der Waals surface area contributed by atoms with Crippen LogP contribution >= 0.6 is 11.6 Å². The molecule has 1 unspecified atom stereocenters. The van der Waals surface area contributed by atoms with Gasteiger partial charge in [-0.1, -0.05) is 13.0 Å². The maximum absolute atomic E-state index is 12.6. The Morgan fingerprint density at radius 3 is 2.59 bits per heavy atom. The Morgan fingerprint density at radius 1 is 1.37 bits per heavy atom. The van der Waals surface area contributed by atoms with Crippen LogP contribution in [0, 0.1) is 6.92 Å². The quantitative estimate of drug-likeness (QED) is 0.398. The minimum absolute atomic E-state index is 0.405. The van der Waals surface area contributed by atoms with E-state index in [1.807, 2.05) is 63.6 Å². The van der Waals surface area contributed by atoms with Crippen LogP contribution in [-0.4, -0.2) is 33.6 Å². The Hall–Kier alpha value is -2.27. The predicted octanol–water partition coefficient (Wildman–Crippen LogP) is 4.93. The number of imidazole rings is 1. The number of hydrogen-bond donors (Lipinski definition) is 0. The van der Waals surface area contributed by atoms with Gasteiger partial charge in [0, 0.05) is 6.20 Å². The van der Waals surface area contributed by atoms with Crippen LogP contribution in [0.2, 0.25) is 0 Å². The predicted molar refractivity (Wildman–Crippen MR) is 109 cm³/mol. The van der Waals surface area contributed by atoms with Crippen molar-refractivity contribution >= 4 is 23.6 Å². The molecule has 0 radical (unpaired) electrons. The zero-order chi connectivity index (χ0) is 20.2. The summed E-state index contributed by atoms with van der Waals surface area (Å²) in [6, 6.07) is 5.71. The van der Waals surface area contributed by atoms with Gasteiger partial charge in [0.05, 0.1) is 35.8 Å². The molecule has 1 aromatic carbocycles. The topological polar surface area (TPSA) is 53.4 Å². The van der Waals surface area contributed by atoms with Crippen molar-refractivity contribution in [2.24, 2.45) is 0 Å². The molecule has 27 heavy (non-hydrogen) atoms. The summed E-state index contributed by atoms with van der Waals surface area (Å²) in [6.07, 6.45) is 6.04. The minimum atomic E-state index is -0.582. The zero-order valence-corrected chi connectivity index (χ0v) is 17.5. The van der Waals surface area contributed by atoms with Gasteiger partial charge in [0.2, 0.25) is 0 Å². The Kier molecular flexibility index (Phi) is 6.71. The number of nitrogens with zero attached hydrogens (tertiary/aromatic N) is 2. The molecule has 6 heteroatoms. The molecular formula is C21H27ClN2O3. The van der Waals surface area contributed by atoms with E-state index in [0.29, 0.717) is 17.7 Å². The lowest BCUT2D eigenvalue weighted by atomic mass is 10.0. The first kappa shape index (κ1) is 21.0. The average molecular weight is 391 g/mol. The number of carbonyl (C=O) groups is 1. The summed E-state index contributed by atoms with van der Waals surface area (Å²) in [6.45, 7) is 9.37. The molecule has 0 spiro atoms. The number of rotatable bonds is 6. The van der Waals surface area contributed by atoms with Gasteiger partial charge in [0.15, 0.2) is 0 Å². The Bertz CT molecular complexity index is 834. The summed E-state index contributed by atoms with van der Waals surface area (Å²) < 4.78 is 12.9. The summed E-state index contributed by atoms with van der Waals surface area (Å²) >= 11 is 6.40. The van der Waals surface area contributed by atoms with Gasteiger partial charge in [-0.15, -0.1) is 11.6 Å². The molecule has 0 fully saturated rings. The van der Waals surface area contributed by atoms with Crippen LogP contribution in [0.5, 0.6) is 5.75 Å². The van der Waals surface area contributed by atoms with Gasteiger partial charge in [-0.25, -0.2) is 9.78 Å². The molecule has 1 atom stereocenters. The molecule has 2 rings (SSSR count). The number of aryl methyl sites for hydroxylation is 1. The fourth-order valence-electron chi connectivity index (χ4n) is 2.56. The highest BCUT2D eigenvalue weighted by Gasteiger charge is 2.24. The molecule has 0 saturated heterocycles. The number of esters is 1. The standard InChI is InChI=1S/C21H27ClN2O3/c1-7-17(22)16(20(25)27-21(3,4)5)10-15-8-9-18(19(11-15)26-6)24-12-14(2)23-13-24/h8-13,17H,7H2,1-6H3. The van der Waals surface area contributed by atoms with Crippen LogP contribution in [0.4, 0.5) is 0 Å². The summed E-state index contributed by atoms with van der Waals surface area (Å²) in [5, 5.41) is -0.429. The third-order valence-corrected chi connectivity index (χ3v) is 4.39. The summed E-state index contributed by atoms with van der Waals surface area (Å²) in [7, 11) is 1.61. The van der Waals surface area contributed by atoms with Crippen molar-refractivity contribution in [3.63, 3.8) is 0 Å². The lowest BCUT2D eigenvalue weighted by Gasteiger charge is -2.22. The molecular weight excluding hydrogens is 364 g/mol. The largest absolute Gasteiger partial charge is 0.495 e. The second-order valence-corrected chi connectivity index (χ2v) is 7.86. The molecule has 2 aromatic rings. The number of carbonyl (C=O) groups excluding carboxylic acids is 1. The zero-order valence-electron chi connectivity index (χ0n) is 16.7. The van der Waals surface area contributed by atoms with Gasteiger partial charge in [0.1, 0.15) is 11.4 Å². The van der Waals surface area contributed by atoms with E-state index in [1.54, 1.807) is 19.5 Å². The van der Waals surface area contributed by atoms with E-state index in [4.69, 9.17) is 21.1 Å². The van der Waals surface area contributed by atoms with Gasteiger partial charge in [-0.05, 0) is 57.9 Å². The maximum Gasteiger partial charge on any atom is 0.336 e. The Morgan fingerprint density at radius 2 is 2.07 bits per heavy atom. The van der Waals surface area contributed by atoms with Crippen LogP contribution in [0.25, 0.3) is 11.8 Å². The van der Waals surface area contributed by atoms with E-state index in [1.165, 1.54) is 0 Å². The van der Waals surface area contributed by atoms with E-state index in [2.05, 4.69) is 4.98 Å². The molecule has 146 valence electrons. The van der Waals surface area contributed by atoms with E-state index in [-0.39, 0.29) is 0 Å². The van der Waals surface area contributed by atoms with Crippen LogP contribution in [0.3, 0.4) is 0 Å². The number of hydrogen-bond acceptors (Lipinski definition) is 4. The van der Waals surface area contributed by atoms with Crippen LogP contribution < -0.4 is 4.74 Å². The van der Waals surface area contributed by atoms with Gasteiger partial charge < -0.3 is 14.0 Å². The average Bonchev–Trinajstić information content (AvgIpc) is 3.03. The number of benzene rings is 1. The monoisotopic (exact) mass is 390 g/mol. The molecule has 1 heterocycles. The molecule has 0 amide bonds. The fraction of sp³-hybridized carbons (Fsp3) is 0.429. The van der Waals surface area contributed by atoms with E-state index >= 15 is 0 Å². The first-order valence-electron chi connectivity index (χ1n) is 8.92. The molecule has 5 nitrogen and oxygen atoms in total. The normalized spacial score (nSPS) is 13.4. The Balaban J connectivity index is 2.42. The van der Waals surface area contributed by atoms with E-state index < -0.39 is 16.9 Å². The molecule has 0 aliphatic heterocycles. The fourth-order valence-corrected chi connectivity index (χ4v) is 2.72. The van der Waals surface area contributed by atoms with Crippen molar-refractivity contribution in [1.82, 2.24) is 9.55 Å². The van der Waals surface area contributed by atoms with Crippen molar-refractivity contribution in [2.75, 3.05) is 7.11 Å². The van der Waals surface area contributed by atoms with Crippen LogP contribution in [-0.2, 0) is 9.53 Å². The van der Waals surface area contributed by atoms with Crippen molar-refractivity contribution in [2.45, 2.75) is 52.0 Å². The second-order valence-electron chi connectivity index (χ2n) is 7.33. The molecule has 0 bridgehead atoms. The van der Waals surface area contributed by atoms with Gasteiger partial charge in [-0.2, -0.15) is 0 Å². The molecule has 0 N–H and O–H groups in total. The van der Waals surface area contributed by atoms with Crippen LogP contribution in [0.1, 0.15) is 45.4 Å². The number of halogens is 1. The first-order chi connectivity index (χ1) is 12.6. The highest BCUT2D eigenvalue weighted by Crippen LogP contribution is 2.27. The maximum atomic E-state index is 12.6. The first-order valence-corrected chi connectivity index (χ1v) is 9.36. The van der Waals surface area contributed by atoms with Crippen molar-refractivity contribution in [3.8, 4) is 11.4 Å². The van der Waals surface area contributed by atoms with Gasteiger partial charge in [0.25, 0.3) is 0 Å². The summed E-state index contributed by atoms with van der Waals surface area (Å²) in [5.41, 5.74) is 2.45. The molecule has 0 aliphatic carbocycles. The number of aromatic nitrogens is 2. The Labute approximate surface area is 166 Å². The molecule has 1 aromatic heterocycles. The number of methoxy groups -OCH3 is 1. The van der Waals surface area contributed by atoms with Crippen molar-refractivity contribution in [1.29, 1.82) is 0 Å². The lowest BCUT2D eigenvalue weighted by Crippen LogP contribution is -2.27. The third-order valence-electron chi connectivity index (χ3n) is 3.85. The van der Waals surface area contributed by atoms with Crippen molar-refractivity contribution < 1.29 is 14.3 Å². The highest BCUT2D eigenvalue weighted by molar-refractivity contribution is 6.26. The smallest absolute Gasteiger partial charge is 0.336 e. The van der Waals surface area contributed by atoms with Crippen LogP contribution in [0.15, 0.2) is 36.3 Å². The van der Waals surface area contributed by atoms with Gasteiger partial charge >= 0.3 is 5.97 Å². The number of alkyl halides is 1. The van der Waals surface area contributed by atoms with Crippen molar-refractivity contribution in [3.05, 3.63) is 47.6 Å². The second kappa shape index (κ2) is 8.61. The molecule has 0 aliphatic rings. The van der Waals surface area contributed by atoms with E-state index in [0.717, 1.165) is 16.9 Å². The summed E-state index contributed by atoms with van der Waals surface area (Å²) in [4.78, 5) is 16.8.